The molecule has 2 heterocycles. The number of hydrogen-bond acceptors (Lipinski definition) is 4. The van der Waals surface area contributed by atoms with E-state index in [1.807, 2.05) is 0 Å². The predicted molar refractivity (Wildman–Crippen MR) is 86.9 cm³/mol. The topological polar surface area (TPSA) is 18.5 Å². The number of nitrogens with zero attached hydrogens (tertiary/aromatic N) is 2. The van der Waals surface area contributed by atoms with Crippen LogP contribution in [-0.2, 0) is 6.54 Å². The van der Waals surface area contributed by atoms with Gasteiger partial charge in [-0.05, 0) is 53.8 Å². The molecular weight excluding hydrogens is 322 g/mol. The molecule has 1 fully saturated rings. The molecule has 1 saturated heterocycles. The molecule has 1 aromatic heterocycles. The summed E-state index contributed by atoms with van der Waals surface area (Å²) in [5.74, 6) is 0. The molecule has 19 heavy (non-hydrogen) atoms. The van der Waals surface area contributed by atoms with Gasteiger partial charge in [-0.1, -0.05) is 0 Å². The lowest BCUT2D eigenvalue weighted by molar-refractivity contribution is 0.0618. The van der Waals surface area contributed by atoms with Gasteiger partial charge in [0.25, 0.3) is 0 Å². The summed E-state index contributed by atoms with van der Waals surface area (Å²) in [6.07, 6.45) is 0. The van der Waals surface area contributed by atoms with E-state index in [9.17, 15) is 0 Å². The van der Waals surface area contributed by atoms with E-state index >= 15 is 0 Å². The minimum atomic E-state index is 0.231. The van der Waals surface area contributed by atoms with Crippen molar-refractivity contribution in [1.29, 1.82) is 0 Å². The second kappa shape index (κ2) is 6.68. The van der Waals surface area contributed by atoms with E-state index in [4.69, 9.17) is 0 Å². The molecular formula is C14H24BrN3S. The summed E-state index contributed by atoms with van der Waals surface area (Å²) in [4.78, 5) is 5.01. The molecule has 0 atom stereocenters. The van der Waals surface area contributed by atoms with Crippen LogP contribution in [0.25, 0.3) is 0 Å². The lowest BCUT2D eigenvalue weighted by Gasteiger charge is -2.43. The molecule has 5 heteroatoms. The van der Waals surface area contributed by atoms with E-state index in [0.29, 0.717) is 0 Å². The molecule has 108 valence electrons. The van der Waals surface area contributed by atoms with E-state index in [1.165, 1.54) is 35.5 Å². The van der Waals surface area contributed by atoms with Gasteiger partial charge in [0.15, 0.2) is 0 Å². The highest BCUT2D eigenvalue weighted by Gasteiger charge is 2.28. The van der Waals surface area contributed by atoms with Gasteiger partial charge in [0.1, 0.15) is 0 Å². The van der Waals surface area contributed by atoms with Crippen LogP contribution in [-0.4, -0.2) is 55.1 Å². The molecule has 2 rings (SSSR count). The SMILES string of the molecule is CN1CCN(C(C)(C)CNCc2csc(Br)c2)CC1. The van der Waals surface area contributed by atoms with Crippen molar-refractivity contribution in [1.82, 2.24) is 15.1 Å². The third-order valence-electron chi connectivity index (χ3n) is 3.87. The first-order valence-corrected chi connectivity index (χ1v) is 8.52. The van der Waals surface area contributed by atoms with Crippen LogP contribution in [0.3, 0.4) is 0 Å². The Labute approximate surface area is 129 Å². The second-order valence-electron chi connectivity index (χ2n) is 5.97. The van der Waals surface area contributed by atoms with Gasteiger partial charge in [-0.3, -0.25) is 4.90 Å². The average Bonchev–Trinajstić information content (AvgIpc) is 2.75. The van der Waals surface area contributed by atoms with Gasteiger partial charge in [-0.15, -0.1) is 11.3 Å². The van der Waals surface area contributed by atoms with Gasteiger partial charge in [-0.25, -0.2) is 0 Å². The van der Waals surface area contributed by atoms with Gasteiger partial charge in [0, 0.05) is 44.8 Å². The maximum absolute atomic E-state index is 3.59. The average molecular weight is 346 g/mol. The fourth-order valence-corrected chi connectivity index (χ4v) is 3.68. The molecule has 0 radical (unpaired) electrons. The van der Waals surface area contributed by atoms with Crippen LogP contribution >= 0.6 is 27.3 Å². The molecule has 1 N–H and O–H groups in total. The van der Waals surface area contributed by atoms with E-state index in [1.54, 1.807) is 11.3 Å². The molecule has 1 aromatic rings. The van der Waals surface area contributed by atoms with Crippen LogP contribution in [0.2, 0.25) is 0 Å². The van der Waals surface area contributed by atoms with Gasteiger partial charge >= 0.3 is 0 Å². The molecule has 0 unspecified atom stereocenters. The third kappa shape index (κ3) is 4.53. The number of rotatable bonds is 5. The normalized spacial score (nSPS) is 18.9. The monoisotopic (exact) mass is 345 g/mol. The Hall–Kier alpha value is 0.0600. The number of halogens is 1. The smallest absolute Gasteiger partial charge is 0.0701 e. The van der Waals surface area contributed by atoms with Crippen molar-refractivity contribution in [2.24, 2.45) is 0 Å². The van der Waals surface area contributed by atoms with Crippen molar-refractivity contribution in [3.05, 3.63) is 20.8 Å². The summed E-state index contributed by atoms with van der Waals surface area (Å²) in [5.41, 5.74) is 1.60. The number of piperazine rings is 1. The number of thiophene rings is 1. The molecule has 1 aliphatic rings. The van der Waals surface area contributed by atoms with Gasteiger partial charge < -0.3 is 10.2 Å². The summed E-state index contributed by atoms with van der Waals surface area (Å²) in [6, 6.07) is 2.19. The Bertz CT molecular complexity index is 397. The van der Waals surface area contributed by atoms with Crippen molar-refractivity contribution in [3.63, 3.8) is 0 Å². The van der Waals surface area contributed by atoms with Crippen molar-refractivity contribution in [2.45, 2.75) is 25.9 Å². The molecule has 0 spiro atoms. The number of likely N-dealkylation sites (N-methyl/N-ethyl adjacent to an activating group) is 1. The second-order valence-corrected chi connectivity index (χ2v) is 8.26. The van der Waals surface area contributed by atoms with Crippen LogP contribution < -0.4 is 5.32 Å². The van der Waals surface area contributed by atoms with E-state index in [0.717, 1.165) is 13.1 Å². The number of nitrogens with one attached hydrogen (secondary N) is 1. The van der Waals surface area contributed by atoms with Crippen molar-refractivity contribution >= 4 is 27.3 Å². The molecule has 1 aliphatic heterocycles. The van der Waals surface area contributed by atoms with Gasteiger partial charge in [0.2, 0.25) is 0 Å². The highest BCUT2D eigenvalue weighted by Crippen LogP contribution is 2.21. The molecule has 0 aromatic carbocycles. The first-order valence-electron chi connectivity index (χ1n) is 6.84. The number of hydrogen-bond donors (Lipinski definition) is 1. The predicted octanol–water partition coefficient (Wildman–Crippen LogP) is 2.63. The van der Waals surface area contributed by atoms with E-state index < -0.39 is 0 Å². The summed E-state index contributed by atoms with van der Waals surface area (Å²) in [6.45, 7) is 11.4. The van der Waals surface area contributed by atoms with Crippen LogP contribution in [0.15, 0.2) is 15.2 Å². The van der Waals surface area contributed by atoms with Gasteiger partial charge in [0.05, 0.1) is 3.79 Å². The zero-order valence-electron chi connectivity index (χ0n) is 12.1. The summed E-state index contributed by atoms with van der Waals surface area (Å²) in [7, 11) is 2.21. The lowest BCUT2D eigenvalue weighted by atomic mass is 10.0. The standard InChI is InChI=1S/C14H24BrN3S/c1-14(2,18-6-4-17(3)5-7-18)11-16-9-12-8-13(15)19-10-12/h8,10,16H,4-7,9,11H2,1-3H3. The molecule has 0 bridgehead atoms. The molecule has 0 aliphatic carbocycles. The molecule has 0 saturated carbocycles. The van der Waals surface area contributed by atoms with Crippen LogP contribution in [0.4, 0.5) is 0 Å². The first kappa shape index (κ1) is 15.4. The largest absolute Gasteiger partial charge is 0.311 e. The minimum absolute atomic E-state index is 0.231. The highest BCUT2D eigenvalue weighted by molar-refractivity contribution is 9.11. The van der Waals surface area contributed by atoms with Crippen molar-refractivity contribution in [3.8, 4) is 0 Å². The molecule has 3 nitrogen and oxygen atoms in total. The summed E-state index contributed by atoms with van der Waals surface area (Å²) < 4.78 is 1.21. The Balaban J connectivity index is 1.77. The summed E-state index contributed by atoms with van der Waals surface area (Å²) in [5, 5.41) is 5.80. The fourth-order valence-electron chi connectivity index (χ4n) is 2.47. The Kier molecular flexibility index (Phi) is 5.43. The maximum Gasteiger partial charge on any atom is 0.0701 e. The highest BCUT2D eigenvalue weighted by atomic mass is 79.9. The molecule has 0 amide bonds. The van der Waals surface area contributed by atoms with E-state index in [2.05, 4.69) is 63.4 Å². The Morgan fingerprint density at radius 1 is 1.32 bits per heavy atom. The van der Waals surface area contributed by atoms with Crippen LogP contribution in [0.5, 0.6) is 0 Å². The third-order valence-corrected chi connectivity index (χ3v) is 5.42. The summed E-state index contributed by atoms with van der Waals surface area (Å²) >= 11 is 5.26. The van der Waals surface area contributed by atoms with Crippen LogP contribution in [0.1, 0.15) is 19.4 Å². The maximum atomic E-state index is 3.59. The van der Waals surface area contributed by atoms with Crippen molar-refractivity contribution < 1.29 is 0 Å². The lowest BCUT2D eigenvalue weighted by Crippen LogP contribution is -2.57. The van der Waals surface area contributed by atoms with Gasteiger partial charge in [-0.2, -0.15) is 0 Å². The minimum Gasteiger partial charge on any atom is -0.311 e. The van der Waals surface area contributed by atoms with Crippen molar-refractivity contribution in [2.75, 3.05) is 39.8 Å². The fraction of sp³-hybridized carbons (Fsp3) is 0.714. The van der Waals surface area contributed by atoms with Crippen LogP contribution in [0, 0.1) is 0 Å². The zero-order valence-corrected chi connectivity index (χ0v) is 14.5. The Morgan fingerprint density at radius 3 is 2.58 bits per heavy atom. The quantitative estimate of drug-likeness (QED) is 0.884. The zero-order chi connectivity index (χ0) is 13.9. The Morgan fingerprint density at radius 2 is 2.00 bits per heavy atom. The first-order chi connectivity index (χ1) is 8.97. The van der Waals surface area contributed by atoms with E-state index in [-0.39, 0.29) is 5.54 Å².